The van der Waals surface area contributed by atoms with Crippen molar-refractivity contribution >= 4 is 29.1 Å². The Hall–Kier alpha value is -3.26. The minimum atomic E-state index is -0.733. The number of piperazine rings is 1. The summed E-state index contributed by atoms with van der Waals surface area (Å²) in [4.78, 5) is 27.8. The molecule has 1 heterocycles. The van der Waals surface area contributed by atoms with Crippen molar-refractivity contribution in [2.24, 2.45) is 0 Å². The van der Waals surface area contributed by atoms with Crippen molar-refractivity contribution < 1.29 is 23.1 Å². The van der Waals surface area contributed by atoms with Crippen molar-refractivity contribution in [3.63, 3.8) is 0 Å². The number of rotatable bonds is 5. The van der Waals surface area contributed by atoms with E-state index in [9.17, 15) is 18.4 Å². The lowest BCUT2D eigenvalue weighted by Gasteiger charge is -2.35. The van der Waals surface area contributed by atoms with Gasteiger partial charge in [-0.25, -0.2) is 8.78 Å². The summed E-state index contributed by atoms with van der Waals surface area (Å²) >= 11 is 0. The molecule has 2 aromatic rings. The molecule has 1 aliphatic heterocycles. The predicted octanol–water partition coefficient (Wildman–Crippen LogP) is 2.87. The number of anilines is 2. The lowest BCUT2D eigenvalue weighted by atomic mass is 9.96. The van der Waals surface area contributed by atoms with Gasteiger partial charge in [-0.15, -0.1) is 0 Å². The third kappa shape index (κ3) is 4.74. The smallest absolute Gasteiger partial charge is 0.238 e. The number of amides is 1. The first-order chi connectivity index (χ1) is 14.9. The molecule has 31 heavy (non-hydrogen) atoms. The first-order valence-electron chi connectivity index (χ1n) is 10.1. The van der Waals surface area contributed by atoms with E-state index in [0.29, 0.717) is 44.0 Å². The number of ether oxygens (including phenoxy) is 1. The van der Waals surface area contributed by atoms with Crippen molar-refractivity contribution in [2.75, 3.05) is 50.1 Å². The molecule has 1 aliphatic carbocycles. The normalized spacial score (nSPS) is 16.2. The average Bonchev–Trinajstić information content (AvgIpc) is 2.74. The van der Waals surface area contributed by atoms with Crippen LogP contribution in [-0.4, -0.2) is 56.4 Å². The summed E-state index contributed by atoms with van der Waals surface area (Å²) in [5.41, 5.74) is 3.03. The molecule has 0 radical (unpaired) electrons. The molecule has 0 unspecified atom stereocenters. The van der Waals surface area contributed by atoms with Crippen LogP contribution in [0.2, 0.25) is 0 Å². The minimum absolute atomic E-state index is 0.0727. The highest BCUT2D eigenvalue weighted by Crippen LogP contribution is 2.28. The Bertz CT molecular complexity index is 1020. The summed E-state index contributed by atoms with van der Waals surface area (Å²) in [5, 5.41) is 2.89. The highest BCUT2D eigenvalue weighted by Gasteiger charge is 2.22. The van der Waals surface area contributed by atoms with Gasteiger partial charge in [-0.3, -0.25) is 14.5 Å². The number of benzene rings is 2. The van der Waals surface area contributed by atoms with Crippen LogP contribution in [0.1, 0.15) is 11.1 Å². The molecule has 2 aromatic carbocycles. The summed E-state index contributed by atoms with van der Waals surface area (Å²) in [5.74, 6) is -1.91. The number of hydrogen-bond donors (Lipinski definition) is 1. The number of halogens is 2. The number of nitrogens with one attached hydrogen (secondary N) is 1. The Kier molecular flexibility index (Phi) is 5.99. The molecule has 0 spiro atoms. The number of hydrogen-bond acceptors (Lipinski definition) is 5. The van der Waals surface area contributed by atoms with Gasteiger partial charge in [0.15, 0.2) is 23.2 Å². The number of nitrogens with zero attached hydrogens (tertiary/aromatic N) is 2. The first kappa shape index (κ1) is 21.0. The second kappa shape index (κ2) is 8.85. The maximum atomic E-state index is 14.0. The van der Waals surface area contributed by atoms with Gasteiger partial charge < -0.3 is 15.0 Å². The van der Waals surface area contributed by atoms with Crippen LogP contribution < -0.4 is 15.0 Å². The van der Waals surface area contributed by atoms with Gasteiger partial charge in [-0.1, -0.05) is 12.1 Å². The Morgan fingerprint density at radius 2 is 1.77 bits per heavy atom. The Morgan fingerprint density at radius 3 is 2.45 bits per heavy atom. The minimum Gasteiger partial charge on any atom is -0.491 e. The molecular formula is C23H23F2N3O3. The van der Waals surface area contributed by atoms with Crippen molar-refractivity contribution in [3.8, 4) is 5.75 Å². The lowest BCUT2D eigenvalue weighted by Crippen LogP contribution is -2.48. The van der Waals surface area contributed by atoms with Crippen molar-refractivity contribution in [1.82, 2.24) is 4.90 Å². The Balaban J connectivity index is 1.31. The highest BCUT2D eigenvalue weighted by molar-refractivity contribution is 5.99. The molecule has 1 saturated heterocycles. The fourth-order valence-electron chi connectivity index (χ4n) is 3.91. The SMILES string of the molecule is COc1c(F)cc(N2CCN(CC(=O)Nc3ccc4c(c3)C=CC(=O)C4)CC2)cc1F. The van der Waals surface area contributed by atoms with Gasteiger partial charge in [0, 0.05) is 56.1 Å². The molecule has 0 bridgehead atoms. The van der Waals surface area contributed by atoms with Crippen LogP contribution in [-0.2, 0) is 16.0 Å². The Labute approximate surface area is 179 Å². The zero-order valence-electron chi connectivity index (χ0n) is 17.2. The van der Waals surface area contributed by atoms with Crippen LogP contribution in [0.15, 0.2) is 36.4 Å². The third-order valence-electron chi connectivity index (χ3n) is 5.53. The van der Waals surface area contributed by atoms with Crippen molar-refractivity contribution in [2.45, 2.75) is 6.42 Å². The second-order valence-corrected chi connectivity index (χ2v) is 7.64. The van der Waals surface area contributed by atoms with Crippen LogP contribution >= 0.6 is 0 Å². The molecule has 2 aliphatic rings. The van der Waals surface area contributed by atoms with Crippen molar-refractivity contribution in [1.29, 1.82) is 0 Å². The lowest BCUT2D eigenvalue weighted by molar-refractivity contribution is -0.117. The summed E-state index contributed by atoms with van der Waals surface area (Å²) in [6.07, 6.45) is 3.70. The monoisotopic (exact) mass is 427 g/mol. The van der Waals surface area contributed by atoms with E-state index in [4.69, 9.17) is 4.74 Å². The maximum Gasteiger partial charge on any atom is 0.238 e. The molecule has 1 N–H and O–H groups in total. The summed E-state index contributed by atoms with van der Waals surface area (Å²) in [6.45, 7) is 2.52. The van der Waals surface area contributed by atoms with Crippen LogP contribution in [0, 0.1) is 11.6 Å². The zero-order chi connectivity index (χ0) is 22.0. The van der Waals surface area contributed by atoms with Gasteiger partial charge in [-0.2, -0.15) is 0 Å². The van der Waals surface area contributed by atoms with E-state index >= 15 is 0 Å². The molecule has 6 nitrogen and oxygen atoms in total. The Morgan fingerprint density at radius 1 is 1.06 bits per heavy atom. The molecule has 1 amide bonds. The van der Waals surface area contributed by atoms with Crippen LogP contribution in [0.4, 0.5) is 20.2 Å². The first-order valence-corrected chi connectivity index (χ1v) is 10.1. The van der Waals surface area contributed by atoms with Crippen LogP contribution in [0.3, 0.4) is 0 Å². The van der Waals surface area contributed by atoms with E-state index in [1.807, 2.05) is 21.9 Å². The van der Waals surface area contributed by atoms with E-state index in [1.54, 1.807) is 18.2 Å². The molecule has 0 atom stereocenters. The topological polar surface area (TPSA) is 61.9 Å². The summed E-state index contributed by atoms with van der Waals surface area (Å²) in [7, 11) is 1.23. The molecule has 1 fully saturated rings. The van der Waals surface area contributed by atoms with Gasteiger partial charge in [0.1, 0.15) is 0 Å². The second-order valence-electron chi connectivity index (χ2n) is 7.64. The number of methoxy groups -OCH3 is 1. The van der Waals surface area contributed by atoms with Crippen molar-refractivity contribution in [3.05, 3.63) is 59.2 Å². The fourth-order valence-corrected chi connectivity index (χ4v) is 3.91. The molecular weight excluding hydrogens is 404 g/mol. The van der Waals surface area contributed by atoms with Gasteiger partial charge in [0.05, 0.1) is 13.7 Å². The van der Waals surface area contributed by atoms with Gasteiger partial charge in [0.25, 0.3) is 0 Å². The van der Waals surface area contributed by atoms with E-state index < -0.39 is 11.6 Å². The number of fused-ring (bicyclic) bond motifs is 1. The average molecular weight is 427 g/mol. The zero-order valence-corrected chi connectivity index (χ0v) is 17.2. The van der Waals surface area contributed by atoms with E-state index in [0.717, 1.165) is 11.1 Å². The molecule has 4 rings (SSSR count). The molecule has 0 aromatic heterocycles. The summed E-state index contributed by atoms with van der Waals surface area (Å²) in [6, 6.07) is 8.05. The molecule has 162 valence electrons. The standard InChI is InChI=1S/C23H23F2N3O3/c1-31-23-20(24)12-18(13-21(23)25)28-8-6-27(7-9-28)14-22(30)26-17-4-2-16-11-19(29)5-3-15(16)10-17/h2-5,10,12-13H,6-9,11,14H2,1H3,(H,26,30). The summed E-state index contributed by atoms with van der Waals surface area (Å²) < 4.78 is 32.7. The van der Waals surface area contributed by atoms with Gasteiger partial charge >= 0.3 is 0 Å². The van der Waals surface area contributed by atoms with Crippen LogP contribution in [0.5, 0.6) is 5.75 Å². The molecule has 0 saturated carbocycles. The quantitative estimate of drug-likeness (QED) is 0.795. The van der Waals surface area contributed by atoms with E-state index in [2.05, 4.69) is 5.32 Å². The fraction of sp³-hybridized carbons (Fsp3) is 0.304. The molecule has 8 heteroatoms. The third-order valence-corrected chi connectivity index (χ3v) is 5.53. The van der Waals surface area contributed by atoms with Gasteiger partial charge in [-0.05, 0) is 29.3 Å². The predicted molar refractivity (Wildman–Crippen MR) is 114 cm³/mol. The number of allylic oxidation sites excluding steroid dienone is 1. The van der Waals surface area contributed by atoms with Gasteiger partial charge in [0.2, 0.25) is 5.91 Å². The largest absolute Gasteiger partial charge is 0.491 e. The number of carbonyl (C=O) groups is 2. The highest BCUT2D eigenvalue weighted by atomic mass is 19.1. The maximum absolute atomic E-state index is 14.0. The van der Waals surface area contributed by atoms with E-state index in [1.165, 1.54) is 19.2 Å². The number of carbonyl (C=O) groups excluding carboxylic acids is 2. The number of ketones is 1. The van der Waals surface area contributed by atoms with E-state index in [-0.39, 0.29) is 24.0 Å². The van der Waals surface area contributed by atoms with Crippen LogP contribution in [0.25, 0.3) is 6.08 Å².